The Balaban J connectivity index is 2.13. The molecule has 0 amide bonds. The van der Waals surface area contributed by atoms with Crippen molar-refractivity contribution in [3.63, 3.8) is 0 Å². The monoisotopic (exact) mass is 292 g/mol. The summed E-state index contributed by atoms with van der Waals surface area (Å²) < 4.78 is 13.6. The van der Waals surface area contributed by atoms with Crippen molar-refractivity contribution < 1.29 is 4.39 Å². The van der Waals surface area contributed by atoms with Crippen LogP contribution in [-0.2, 0) is 0 Å². The summed E-state index contributed by atoms with van der Waals surface area (Å²) in [5.74, 6) is -0.134. The van der Waals surface area contributed by atoms with E-state index in [1.165, 1.54) is 25.3 Å². The first-order valence-corrected chi connectivity index (χ1v) is 8.36. The van der Waals surface area contributed by atoms with Gasteiger partial charge in [0.25, 0.3) is 0 Å². The molecule has 0 spiro atoms. The average Bonchev–Trinajstić information content (AvgIpc) is 2.48. The molecule has 0 aliphatic carbocycles. The van der Waals surface area contributed by atoms with Gasteiger partial charge in [0.15, 0.2) is 0 Å². The largest absolute Gasteiger partial charge is 0.313 e. The Kier molecular flexibility index (Phi) is 6.19. The SMILES string of the molecule is CCC(c1cccc(F)c1)N(CC1CCCCN1)C(C)C. The molecule has 1 aliphatic heterocycles. The molecule has 21 heavy (non-hydrogen) atoms. The molecule has 3 heteroatoms. The standard InChI is InChI=1S/C18H29FN2/c1-4-18(15-8-7-9-16(19)12-15)21(14(2)3)13-17-10-5-6-11-20-17/h7-9,12,14,17-18,20H,4-6,10-11,13H2,1-3H3. The van der Waals surface area contributed by atoms with Crippen LogP contribution in [0.4, 0.5) is 4.39 Å². The predicted octanol–water partition coefficient (Wildman–Crippen LogP) is 4.13. The first-order valence-electron chi connectivity index (χ1n) is 8.36. The van der Waals surface area contributed by atoms with Crippen molar-refractivity contribution >= 4 is 0 Å². The summed E-state index contributed by atoms with van der Waals surface area (Å²) in [6.45, 7) is 8.86. The van der Waals surface area contributed by atoms with Crippen LogP contribution in [0.2, 0.25) is 0 Å². The van der Waals surface area contributed by atoms with Crippen molar-refractivity contribution in [3.05, 3.63) is 35.6 Å². The molecule has 2 atom stereocenters. The Hall–Kier alpha value is -0.930. The van der Waals surface area contributed by atoms with Gasteiger partial charge in [-0.25, -0.2) is 4.39 Å². The van der Waals surface area contributed by atoms with Crippen molar-refractivity contribution in [2.45, 2.75) is 64.6 Å². The second kappa shape index (κ2) is 7.90. The molecular formula is C18H29FN2. The van der Waals surface area contributed by atoms with Gasteiger partial charge in [0.1, 0.15) is 5.82 Å². The van der Waals surface area contributed by atoms with Gasteiger partial charge in [0, 0.05) is 24.7 Å². The number of hydrogen-bond donors (Lipinski definition) is 1. The quantitative estimate of drug-likeness (QED) is 0.848. The van der Waals surface area contributed by atoms with Crippen molar-refractivity contribution in [1.82, 2.24) is 10.2 Å². The van der Waals surface area contributed by atoms with Gasteiger partial charge in [-0.2, -0.15) is 0 Å². The molecule has 1 aromatic rings. The molecule has 2 nitrogen and oxygen atoms in total. The van der Waals surface area contributed by atoms with E-state index in [1.807, 2.05) is 6.07 Å². The zero-order valence-corrected chi connectivity index (χ0v) is 13.6. The lowest BCUT2D eigenvalue weighted by atomic mass is 9.98. The highest BCUT2D eigenvalue weighted by Gasteiger charge is 2.25. The third-order valence-electron chi connectivity index (χ3n) is 4.53. The molecule has 1 N–H and O–H groups in total. The maximum Gasteiger partial charge on any atom is 0.123 e. The summed E-state index contributed by atoms with van der Waals surface area (Å²) >= 11 is 0. The number of rotatable bonds is 6. The molecule has 1 saturated heterocycles. The van der Waals surface area contributed by atoms with Crippen LogP contribution in [0.25, 0.3) is 0 Å². The maximum absolute atomic E-state index is 13.6. The Morgan fingerprint density at radius 1 is 1.33 bits per heavy atom. The lowest BCUT2D eigenvalue weighted by Crippen LogP contribution is -2.47. The zero-order chi connectivity index (χ0) is 15.2. The minimum atomic E-state index is -0.134. The molecule has 0 bridgehead atoms. The van der Waals surface area contributed by atoms with Crippen molar-refractivity contribution in [2.24, 2.45) is 0 Å². The second-order valence-electron chi connectivity index (χ2n) is 6.42. The van der Waals surface area contributed by atoms with Crippen LogP contribution >= 0.6 is 0 Å². The van der Waals surface area contributed by atoms with Gasteiger partial charge in [-0.3, -0.25) is 4.90 Å². The molecule has 0 radical (unpaired) electrons. The Morgan fingerprint density at radius 3 is 2.71 bits per heavy atom. The lowest BCUT2D eigenvalue weighted by molar-refractivity contribution is 0.124. The van der Waals surface area contributed by atoms with Gasteiger partial charge < -0.3 is 5.32 Å². The van der Waals surface area contributed by atoms with Crippen LogP contribution in [0.1, 0.15) is 58.1 Å². The fourth-order valence-electron chi connectivity index (χ4n) is 3.41. The Labute approximate surface area is 128 Å². The van der Waals surface area contributed by atoms with E-state index in [-0.39, 0.29) is 5.82 Å². The van der Waals surface area contributed by atoms with E-state index in [2.05, 4.69) is 37.1 Å². The van der Waals surface area contributed by atoms with Crippen molar-refractivity contribution in [3.8, 4) is 0 Å². The molecule has 1 aromatic carbocycles. The summed E-state index contributed by atoms with van der Waals surface area (Å²) in [4.78, 5) is 2.53. The normalized spacial score (nSPS) is 21.0. The van der Waals surface area contributed by atoms with E-state index < -0.39 is 0 Å². The number of benzene rings is 1. The van der Waals surface area contributed by atoms with Gasteiger partial charge in [-0.15, -0.1) is 0 Å². The minimum absolute atomic E-state index is 0.134. The average molecular weight is 292 g/mol. The topological polar surface area (TPSA) is 15.3 Å². The fourth-order valence-corrected chi connectivity index (χ4v) is 3.41. The van der Waals surface area contributed by atoms with Crippen LogP contribution in [-0.4, -0.2) is 30.1 Å². The summed E-state index contributed by atoms with van der Waals surface area (Å²) in [6, 6.07) is 8.43. The highest BCUT2D eigenvalue weighted by Crippen LogP contribution is 2.27. The molecule has 0 aromatic heterocycles. The van der Waals surface area contributed by atoms with Gasteiger partial charge in [0.2, 0.25) is 0 Å². The third-order valence-corrected chi connectivity index (χ3v) is 4.53. The molecule has 2 unspecified atom stereocenters. The van der Waals surface area contributed by atoms with Crippen LogP contribution in [0.3, 0.4) is 0 Å². The van der Waals surface area contributed by atoms with Crippen LogP contribution in [0.5, 0.6) is 0 Å². The molecule has 1 fully saturated rings. The smallest absolute Gasteiger partial charge is 0.123 e. The van der Waals surface area contributed by atoms with E-state index in [1.54, 1.807) is 6.07 Å². The summed E-state index contributed by atoms with van der Waals surface area (Å²) in [7, 11) is 0. The van der Waals surface area contributed by atoms with Crippen molar-refractivity contribution in [2.75, 3.05) is 13.1 Å². The van der Waals surface area contributed by atoms with Crippen LogP contribution < -0.4 is 5.32 Å². The fraction of sp³-hybridized carbons (Fsp3) is 0.667. The number of nitrogens with one attached hydrogen (secondary N) is 1. The lowest BCUT2D eigenvalue weighted by Gasteiger charge is -2.38. The first kappa shape index (κ1) is 16.4. The summed E-state index contributed by atoms with van der Waals surface area (Å²) in [5, 5.41) is 3.63. The van der Waals surface area contributed by atoms with Crippen LogP contribution in [0.15, 0.2) is 24.3 Å². The number of piperidine rings is 1. The zero-order valence-electron chi connectivity index (χ0n) is 13.6. The Morgan fingerprint density at radius 2 is 2.14 bits per heavy atom. The Bertz CT molecular complexity index is 427. The van der Waals surface area contributed by atoms with Gasteiger partial charge >= 0.3 is 0 Å². The van der Waals surface area contributed by atoms with Gasteiger partial charge in [-0.05, 0) is 57.4 Å². The third kappa shape index (κ3) is 4.52. The maximum atomic E-state index is 13.6. The van der Waals surface area contributed by atoms with Crippen molar-refractivity contribution in [1.29, 1.82) is 0 Å². The molecule has 2 rings (SSSR count). The first-order chi connectivity index (χ1) is 10.1. The number of hydrogen-bond acceptors (Lipinski definition) is 2. The molecule has 0 saturated carbocycles. The molecular weight excluding hydrogens is 263 g/mol. The molecule has 1 aliphatic rings. The van der Waals surface area contributed by atoms with Crippen LogP contribution in [0, 0.1) is 5.82 Å². The summed E-state index contributed by atoms with van der Waals surface area (Å²) in [6.07, 6.45) is 4.87. The summed E-state index contributed by atoms with van der Waals surface area (Å²) in [5.41, 5.74) is 1.10. The second-order valence-corrected chi connectivity index (χ2v) is 6.42. The highest BCUT2D eigenvalue weighted by molar-refractivity contribution is 5.20. The minimum Gasteiger partial charge on any atom is -0.313 e. The molecule has 118 valence electrons. The van der Waals surface area contributed by atoms with Gasteiger partial charge in [-0.1, -0.05) is 25.5 Å². The van der Waals surface area contributed by atoms with E-state index in [4.69, 9.17) is 0 Å². The highest BCUT2D eigenvalue weighted by atomic mass is 19.1. The van der Waals surface area contributed by atoms with E-state index >= 15 is 0 Å². The predicted molar refractivity (Wildman–Crippen MR) is 86.9 cm³/mol. The number of nitrogens with zero attached hydrogens (tertiary/aromatic N) is 1. The number of halogens is 1. The van der Waals surface area contributed by atoms with Gasteiger partial charge in [0.05, 0.1) is 0 Å². The molecule has 1 heterocycles. The van der Waals surface area contributed by atoms with E-state index in [9.17, 15) is 4.39 Å². The van der Waals surface area contributed by atoms with E-state index in [0.29, 0.717) is 18.1 Å². The van der Waals surface area contributed by atoms with E-state index in [0.717, 1.165) is 25.1 Å².